The van der Waals surface area contributed by atoms with Gasteiger partial charge >= 0.3 is 5.97 Å². The summed E-state index contributed by atoms with van der Waals surface area (Å²) in [6.07, 6.45) is 1.16. The van der Waals surface area contributed by atoms with Crippen molar-refractivity contribution in [1.29, 1.82) is 0 Å². The Morgan fingerprint density at radius 2 is 1.94 bits per heavy atom. The van der Waals surface area contributed by atoms with E-state index in [1.165, 1.54) is 6.07 Å². The van der Waals surface area contributed by atoms with E-state index >= 15 is 0 Å². The molecule has 1 aromatic rings. The minimum Gasteiger partial charge on any atom is -0.481 e. The highest BCUT2D eigenvalue weighted by Crippen LogP contribution is 2.32. The molecule has 0 spiro atoms. The maximum absolute atomic E-state index is 13.2. The van der Waals surface area contributed by atoms with Crippen LogP contribution in [0.1, 0.15) is 12.8 Å². The molecule has 0 heterocycles. The number of halogens is 2. The van der Waals surface area contributed by atoms with Gasteiger partial charge in [0.2, 0.25) is 0 Å². The summed E-state index contributed by atoms with van der Waals surface area (Å²) >= 11 is 0. The van der Waals surface area contributed by atoms with Crippen LogP contribution in [-0.4, -0.2) is 17.1 Å². The minimum absolute atomic E-state index is 0.238. The van der Waals surface area contributed by atoms with Crippen molar-refractivity contribution in [2.75, 3.05) is 5.32 Å². The second-order valence-corrected chi connectivity index (χ2v) is 3.87. The van der Waals surface area contributed by atoms with Gasteiger partial charge in [0.05, 0.1) is 5.92 Å². The third kappa shape index (κ3) is 1.85. The van der Waals surface area contributed by atoms with E-state index in [4.69, 9.17) is 5.11 Å². The molecular formula is C11H11F2NO2. The number of nitrogens with one attached hydrogen (secondary N) is 1. The van der Waals surface area contributed by atoms with Crippen LogP contribution < -0.4 is 5.32 Å². The molecule has 1 aliphatic carbocycles. The van der Waals surface area contributed by atoms with Crippen molar-refractivity contribution < 1.29 is 18.7 Å². The SMILES string of the molecule is O=C(O)C1CCC1Nc1c(F)cccc1F. The monoisotopic (exact) mass is 227 g/mol. The Kier molecular flexibility index (Phi) is 2.77. The summed E-state index contributed by atoms with van der Waals surface area (Å²) in [6.45, 7) is 0. The van der Waals surface area contributed by atoms with E-state index in [-0.39, 0.29) is 11.7 Å². The Morgan fingerprint density at radius 3 is 2.38 bits per heavy atom. The number of anilines is 1. The molecule has 16 heavy (non-hydrogen) atoms. The zero-order valence-corrected chi connectivity index (χ0v) is 8.41. The lowest BCUT2D eigenvalue weighted by Crippen LogP contribution is -2.43. The van der Waals surface area contributed by atoms with Crippen LogP contribution >= 0.6 is 0 Å². The molecule has 0 aromatic heterocycles. The first-order chi connectivity index (χ1) is 7.59. The van der Waals surface area contributed by atoms with Gasteiger partial charge in [-0.05, 0) is 25.0 Å². The van der Waals surface area contributed by atoms with Gasteiger partial charge in [-0.25, -0.2) is 8.78 Å². The number of carboxylic acid groups (broad SMARTS) is 1. The highest BCUT2D eigenvalue weighted by Gasteiger charge is 2.37. The predicted molar refractivity (Wildman–Crippen MR) is 54.1 cm³/mol. The second-order valence-electron chi connectivity index (χ2n) is 3.87. The van der Waals surface area contributed by atoms with Gasteiger partial charge < -0.3 is 10.4 Å². The largest absolute Gasteiger partial charge is 0.481 e. The maximum atomic E-state index is 13.2. The fraction of sp³-hybridized carbons (Fsp3) is 0.364. The van der Waals surface area contributed by atoms with Crippen LogP contribution in [0, 0.1) is 17.6 Å². The number of para-hydroxylation sites is 1. The quantitative estimate of drug-likeness (QED) is 0.832. The van der Waals surface area contributed by atoms with Gasteiger partial charge in [-0.1, -0.05) is 6.07 Å². The molecule has 0 amide bonds. The van der Waals surface area contributed by atoms with E-state index in [2.05, 4.69) is 5.32 Å². The Bertz CT molecular complexity index is 402. The van der Waals surface area contributed by atoms with Crippen molar-refractivity contribution in [2.45, 2.75) is 18.9 Å². The van der Waals surface area contributed by atoms with Gasteiger partial charge in [0, 0.05) is 6.04 Å². The van der Waals surface area contributed by atoms with Crippen LogP contribution in [0.2, 0.25) is 0 Å². The number of rotatable bonds is 3. The molecule has 2 unspecified atom stereocenters. The summed E-state index contributed by atoms with van der Waals surface area (Å²) in [5, 5.41) is 11.4. The second kappa shape index (κ2) is 4.08. The van der Waals surface area contributed by atoms with E-state index in [9.17, 15) is 13.6 Å². The number of hydrogen-bond acceptors (Lipinski definition) is 2. The van der Waals surface area contributed by atoms with Crippen LogP contribution in [0.15, 0.2) is 18.2 Å². The van der Waals surface area contributed by atoms with Crippen molar-refractivity contribution in [3.8, 4) is 0 Å². The fourth-order valence-corrected chi connectivity index (χ4v) is 1.79. The number of aliphatic carboxylic acids is 1. The smallest absolute Gasteiger partial charge is 0.308 e. The van der Waals surface area contributed by atoms with Crippen molar-refractivity contribution in [2.24, 2.45) is 5.92 Å². The lowest BCUT2D eigenvalue weighted by Gasteiger charge is -2.34. The van der Waals surface area contributed by atoms with Crippen LogP contribution in [0.3, 0.4) is 0 Å². The van der Waals surface area contributed by atoms with Gasteiger partial charge in [0.25, 0.3) is 0 Å². The first kappa shape index (κ1) is 10.9. The number of carbonyl (C=O) groups is 1. The minimum atomic E-state index is -0.930. The summed E-state index contributed by atoms with van der Waals surface area (Å²) in [5.41, 5.74) is -0.238. The zero-order chi connectivity index (χ0) is 11.7. The molecular weight excluding hydrogens is 216 g/mol. The molecule has 1 aromatic carbocycles. The standard InChI is InChI=1S/C11H11F2NO2/c12-7-2-1-3-8(13)10(7)14-9-5-4-6(9)11(15)16/h1-3,6,9,14H,4-5H2,(H,15,16). The Balaban J connectivity index is 2.13. The average molecular weight is 227 g/mol. The average Bonchev–Trinajstić information content (AvgIpc) is 2.14. The van der Waals surface area contributed by atoms with Crippen molar-refractivity contribution in [1.82, 2.24) is 0 Å². The van der Waals surface area contributed by atoms with E-state index in [0.29, 0.717) is 12.8 Å². The highest BCUT2D eigenvalue weighted by molar-refractivity contribution is 5.73. The van der Waals surface area contributed by atoms with E-state index in [0.717, 1.165) is 12.1 Å². The summed E-state index contributed by atoms with van der Waals surface area (Å²) < 4.78 is 26.5. The van der Waals surface area contributed by atoms with Gasteiger partial charge in [0.15, 0.2) is 0 Å². The molecule has 2 atom stereocenters. The predicted octanol–water partition coefficient (Wildman–Crippen LogP) is 2.24. The topological polar surface area (TPSA) is 49.3 Å². The molecule has 86 valence electrons. The molecule has 1 aliphatic rings. The van der Waals surface area contributed by atoms with Crippen LogP contribution in [0.4, 0.5) is 14.5 Å². The van der Waals surface area contributed by atoms with Gasteiger partial charge in [-0.15, -0.1) is 0 Å². The fourth-order valence-electron chi connectivity index (χ4n) is 1.79. The number of hydrogen-bond donors (Lipinski definition) is 2. The van der Waals surface area contributed by atoms with E-state index in [1.807, 2.05) is 0 Å². The molecule has 1 saturated carbocycles. The first-order valence-electron chi connectivity index (χ1n) is 5.03. The lowest BCUT2D eigenvalue weighted by molar-refractivity contribution is -0.144. The third-order valence-corrected chi connectivity index (χ3v) is 2.88. The van der Waals surface area contributed by atoms with Gasteiger partial charge in [-0.3, -0.25) is 4.79 Å². The molecule has 2 N–H and O–H groups in total. The Hall–Kier alpha value is -1.65. The molecule has 0 bridgehead atoms. The highest BCUT2D eigenvalue weighted by atomic mass is 19.1. The third-order valence-electron chi connectivity index (χ3n) is 2.88. The Labute approximate surface area is 91.1 Å². The number of benzene rings is 1. The number of carboxylic acids is 1. The molecule has 5 heteroatoms. The molecule has 0 aliphatic heterocycles. The maximum Gasteiger partial charge on any atom is 0.308 e. The molecule has 1 fully saturated rings. The van der Waals surface area contributed by atoms with Crippen molar-refractivity contribution >= 4 is 11.7 Å². The van der Waals surface area contributed by atoms with Crippen molar-refractivity contribution in [3.05, 3.63) is 29.8 Å². The summed E-state index contributed by atoms with van der Waals surface area (Å²) in [7, 11) is 0. The molecule has 2 rings (SSSR count). The van der Waals surface area contributed by atoms with Crippen LogP contribution in [0.5, 0.6) is 0 Å². The summed E-state index contributed by atoms with van der Waals surface area (Å²) in [6, 6.07) is 3.16. The van der Waals surface area contributed by atoms with Crippen molar-refractivity contribution in [3.63, 3.8) is 0 Å². The summed E-state index contributed by atoms with van der Waals surface area (Å²) in [4.78, 5) is 10.7. The normalized spacial score (nSPS) is 23.6. The Morgan fingerprint density at radius 1 is 1.31 bits per heavy atom. The molecule has 0 radical (unpaired) electrons. The lowest BCUT2D eigenvalue weighted by atomic mass is 9.79. The zero-order valence-electron chi connectivity index (χ0n) is 8.41. The van der Waals surface area contributed by atoms with Crippen LogP contribution in [-0.2, 0) is 4.79 Å². The van der Waals surface area contributed by atoms with E-state index < -0.39 is 23.5 Å². The van der Waals surface area contributed by atoms with Gasteiger partial charge in [-0.2, -0.15) is 0 Å². The van der Waals surface area contributed by atoms with Crippen LogP contribution in [0.25, 0.3) is 0 Å². The molecule has 0 saturated heterocycles. The molecule has 3 nitrogen and oxygen atoms in total. The first-order valence-corrected chi connectivity index (χ1v) is 5.03. The summed E-state index contributed by atoms with van der Waals surface area (Å²) in [5.74, 6) is -2.88. The van der Waals surface area contributed by atoms with Gasteiger partial charge in [0.1, 0.15) is 17.3 Å². The van der Waals surface area contributed by atoms with E-state index in [1.54, 1.807) is 0 Å².